The van der Waals surface area contributed by atoms with Gasteiger partial charge in [-0.15, -0.1) is 0 Å². The summed E-state index contributed by atoms with van der Waals surface area (Å²) >= 11 is 0. The van der Waals surface area contributed by atoms with Crippen LogP contribution in [0.2, 0.25) is 0 Å². The van der Waals surface area contributed by atoms with Crippen molar-refractivity contribution in [1.29, 1.82) is 0 Å². The highest BCUT2D eigenvalue weighted by Gasteiger charge is 2.46. The third-order valence-electron chi connectivity index (χ3n) is 4.13. The maximum absolute atomic E-state index is 6.00. The van der Waals surface area contributed by atoms with Crippen molar-refractivity contribution in [2.45, 2.75) is 38.3 Å². The van der Waals surface area contributed by atoms with Crippen LogP contribution in [0.4, 0.5) is 5.69 Å². The summed E-state index contributed by atoms with van der Waals surface area (Å²) in [5.41, 5.74) is 8.60. The largest absolute Gasteiger partial charge is 0.378 e. The molecule has 1 saturated carbocycles. The first kappa shape index (κ1) is 13.4. The normalized spacial score (nSPS) is 26.8. The van der Waals surface area contributed by atoms with Crippen LogP contribution in [0.15, 0.2) is 24.3 Å². The fraction of sp³-hybridized carbons (Fsp3) is 0.600. The standard InChI is InChI=1S/C15H24N2O/c1-4-18-14-9-15(10-14,11-16)17(3)13-7-5-12(2)6-8-13/h5-8,14H,4,9-11,16H2,1-3H3. The molecule has 2 N–H and O–H groups in total. The van der Waals surface area contributed by atoms with E-state index in [-0.39, 0.29) is 5.54 Å². The Bertz CT molecular complexity index is 382. The monoisotopic (exact) mass is 248 g/mol. The molecule has 0 bridgehead atoms. The smallest absolute Gasteiger partial charge is 0.0620 e. The topological polar surface area (TPSA) is 38.5 Å². The number of aryl methyl sites for hydroxylation is 1. The van der Waals surface area contributed by atoms with Crippen molar-refractivity contribution >= 4 is 5.69 Å². The predicted molar refractivity (Wildman–Crippen MR) is 76.0 cm³/mol. The van der Waals surface area contributed by atoms with Crippen LogP contribution in [0.25, 0.3) is 0 Å². The minimum absolute atomic E-state index is 0.0785. The minimum atomic E-state index is 0.0785. The van der Waals surface area contributed by atoms with Crippen molar-refractivity contribution in [2.75, 3.05) is 25.1 Å². The molecule has 0 amide bonds. The first-order chi connectivity index (χ1) is 8.61. The van der Waals surface area contributed by atoms with E-state index in [0.717, 1.165) is 19.4 Å². The van der Waals surface area contributed by atoms with E-state index in [4.69, 9.17) is 10.5 Å². The molecule has 0 unspecified atom stereocenters. The zero-order chi connectivity index (χ0) is 13.2. The lowest BCUT2D eigenvalue weighted by Gasteiger charge is -2.53. The second-order valence-corrected chi connectivity index (χ2v) is 5.31. The van der Waals surface area contributed by atoms with Gasteiger partial charge in [0.25, 0.3) is 0 Å². The lowest BCUT2D eigenvalue weighted by Crippen LogP contribution is -2.63. The summed E-state index contributed by atoms with van der Waals surface area (Å²) in [7, 11) is 2.14. The Hall–Kier alpha value is -1.06. The van der Waals surface area contributed by atoms with E-state index in [9.17, 15) is 0 Å². The Labute approximate surface area is 110 Å². The molecule has 18 heavy (non-hydrogen) atoms. The summed E-state index contributed by atoms with van der Waals surface area (Å²) in [6.45, 7) is 5.63. The predicted octanol–water partition coefficient (Wildman–Crippen LogP) is 2.33. The van der Waals surface area contributed by atoms with E-state index in [0.29, 0.717) is 12.6 Å². The highest BCUT2D eigenvalue weighted by molar-refractivity contribution is 5.50. The fourth-order valence-electron chi connectivity index (χ4n) is 2.76. The van der Waals surface area contributed by atoms with Gasteiger partial charge in [-0.05, 0) is 38.8 Å². The molecule has 100 valence electrons. The van der Waals surface area contributed by atoms with Crippen LogP contribution in [0, 0.1) is 6.92 Å². The Morgan fingerprint density at radius 2 is 1.94 bits per heavy atom. The molecule has 3 nitrogen and oxygen atoms in total. The number of hydrogen-bond donors (Lipinski definition) is 1. The van der Waals surface area contributed by atoms with E-state index in [1.807, 2.05) is 6.92 Å². The first-order valence-corrected chi connectivity index (χ1v) is 6.73. The van der Waals surface area contributed by atoms with Gasteiger partial charge in [-0.3, -0.25) is 0 Å². The maximum atomic E-state index is 6.00. The summed E-state index contributed by atoms with van der Waals surface area (Å²) in [5, 5.41) is 0. The molecular formula is C15H24N2O. The van der Waals surface area contributed by atoms with Crippen molar-refractivity contribution in [3.05, 3.63) is 29.8 Å². The zero-order valence-electron chi connectivity index (χ0n) is 11.6. The number of nitrogens with zero attached hydrogens (tertiary/aromatic N) is 1. The van der Waals surface area contributed by atoms with Crippen LogP contribution >= 0.6 is 0 Å². The lowest BCUT2D eigenvalue weighted by atomic mass is 9.72. The van der Waals surface area contributed by atoms with Gasteiger partial charge in [0, 0.05) is 25.9 Å². The SMILES string of the molecule is CCOC1CC(CN)(N(C)c2ccc(C)cc2)C1. The average Bonchev–Trinajstić information content (AvgIpc) is 2.33. The average molecular weight is 248 g/mol. The van der Waals surface area contributed by atoms with Crippen LogP contribution < -0.4 is 10.6 Å². The number of nitrogens with two attached hydrogens (primary N) is 1. The van der Waals surface area contributed by atoms with E-state index >= 15 is 0 Å². The van der Waals surface area contributed by atoms with Crippen molar-refractivity contribution in [3.63, 3.8) is 0 Å². The van der Waals surface area contributed by atoms with E-state index in [1.54, 1.807) is 0 Å². The Morgan fingerprint density at radius 1 is 1.33 bits per heavy atom. The molecule has 1 aliphatic carbocycles. The summed E-state index contributed by atoms with van der Waals surface area (Å²) < 4.78 is 5.66. The van der Waals surface area contributed by atoms with Gasteiger partial charge >= 0.3 is 0 Å². The number of ether oxygens (including phenoxy) is 1. The molecule has 1 aromatic rings. The van der Waals surface area contributed by atoms with Crippen molar-refractivity contribution in [2.24, 2.45) is 5.73 Å². The summed E-state index contributed by atoms with van der Waals surface area (Å²) in [5.74, 6) is 0. The molecule has 3 heteroatoms. The number of hydrogen-bond acceptors (Lipinski definition) is 3. The molecular weight excluding hydrogens is 224 g/mol. The van der Waals surface area contributed by atoms with Crippen LogP contribution in [-0.4, -0.2) is 31.8 Å². The Kier molecular flexibility index (Phi) is 3.93. The van der Waals surface area contributed by atoms with Gasteiger partial charge in [-0.1, -0.05) is 17.7 Å². The molecule has 0 atom stereocenters. The van der Waals surface area contributed by atoms with Crippen molar-refractivity contribution in [3.8, 4) is 0 Å². The van der Waals surface area contributed by atoms with Gasteiger partial charge in [-0.25, -0.2) is 0 Å². The van der Waals surface area contributed by atoms with Gasteiger partial charge in [0.2, 0.25) is 0 Å². The molecule has 0 saturated heterocycles. The van der Waals surface area contributed by atoms with E-state index in [2.05, 4.69) is 43.1 Å². The van der Waals surface area contributed by atoms with E-state index < -0.39 is 0 Å². The van der Waals surface area contributed by atoms with Crippen LogP contribution in [0.5, 0.6) is 0 Å². The molecule has 2 rings (SSSR count). The molecule has 0 aliphatic heterocycles. The Balaban J connectivity index is 2.07. The minimum Gasteiger partial charge on any atom is -0.378 e. The van der Waals surface area contributed by atoms with E-state index in [1.165, 1.54) is 11.3 Å². The number of anilines is 1. The second-order valence-electron chi connectivity index (χ2n) is 5.31. The quantitative estimate of drug-likeness (QED) is 0.869. The van der Waals surface area contributed by atoms with Gasteiger partial charge < -0.3 is 15.4 Å². The van der Waals surface area contributed by atoms with Crippen LogP contribution in [0.3, 0.4) is 0 Å². The summed E-state index contributed by atoms with van der Waals surface area (Å²) in [4.78, 5) is 2.32. The summed E-state index contributed by atoms with van der Waals surface area (Å²) in [6, 6.07) is 8.63. The Morgan fingerprint density at radius 3 is 2.44 bits per heavy atom. The molecule has 1 aromatic carbocycles. The molecule has 0 radical (unpaired) electrons. The molecule has 0 aromatic heterocycles. The van der Waals surface area contributed by atoms with Crippen molar-refractivity contribution in [1.82, 2.24) is 0 Å². The number of likely N-dealkylation sites (N-methyl/N-ethyl adjacent to an activating group) is 1. The number of benzene rings is 1. The molecule has 1 aliphatic rings. The van der Waals surface area contributed by atoms with Crippen molar-refractivity contribution < 1.29 is 4.74 Å². The summed E-state index contributed by atoms with van der Waals surface area (Å²) in [6.07, 6.45) is 2.44. The lowest BCUT2D eigenvalue weighted by molar-refractivity contribution is -0.0355. The van der Waals surface area contributed by atoms with Gasteiger partial charge in [0.05, 0.1) is 11.6 Å². The maximum Gasteiger partial charge on any atom is 0.0620 e. The number of rotatable bonds is 5. The molecule has 0 spiro atoms. The van der Waals surface area contributed by atoms with Gasteiger partial charge in [-0.2, -0.15) is 0 Å². The highest BCUT2D eigenvalue weighted by Crippen LogP contribution is 2.40. The fourth-order valence-corrected chi connectivity index (χ4v) is 2.76. The molecule has 0 heterocycles. The third-order valence-corrected chi connectivity index (χ3v) is 4.13. The van der Waals surface area contributed by atoms with Gasteiger partial charge in [0.15, 0.2) is 0 Å². The highest BCUT2D eigenvalue weighted by atomic mass is 16.5. The molecule has 1 fully saturated rings. The third kappa shape index (κ3) is 2.38. The zero-order valence-corrected chi connectivity index (χ0v) is 11.6. The van der Waals surface area contributed by atoms with Crippen LogP contribution in [-0.2, 0) is 4.74 Å². The first-order valence-electron chi connectivity index (χ1n) is 6.73. The second kappa shape index (κ2) is 5.29. The van der Waals surface area contributed by atoms with Crippen LogP contribution in [0.1, 0.15) is 25.3 Å². The van der Waals surface area contributed by atoms with Gasteiger partial charge in [0.1, 0.15) is 0 Å².